The molecule has 126 valence electrons. The van der Waals surface area contributed by atoms with Gasteiger partial charge >= 0.3 is 0 Å². The quantitative estimate of drug-likeness (QED) is 0.784. The van der Waals surface area contributed by atoms with E-state index in [0.29, 0.717) is 11.5 Å². The van der Waals surface area contributed by atoms with Crippen molar-refractivity contribution in [3.8, 4) is 11.5 Å². The van der Waals surface area contributed by atoms with E-state index in [4.69, 9.17) is 9.47 Å². The number of hydrazone groups is 1. The summed E-state index contributed by atoms with van der Waals surface area (Å²) in [5, 5.41) is 6.68. The average molecular weight is 327 g/mol. The molecule has 1 aromatic carbocycles. The molecule has 1 aromatic heterocycles. The van der Waals surface area contributed by atoms with Gasteiger partial charge in [-0.15, -0.1) is 0 Å². The van der Waals surface area contributed by atoms with E-state index in [1.807, 2.05) is 42.7 Å². The number of anilines is 1. The molecule has 1 aliphatic rings. The van der Waals surface area contributed by atoms with Crippen molar-refractivity contribution in [2.24, 2.45) is 5.10 Å². The number of rotatable bonds is 5. The first-order valence-electron chi connectivity index (χ1n) is 8.03. The predicted octanol–water partition coefficient (Wildman–Crippen LogP) is 1.67. The van der Waals surface area contributed by atoms with Crippen LogP contribution in [0.5, 0.6) is 11.5 Å². The minimum Gasteiger partial charge on any atom is -0.493 e. The van der Waals surface area contributed by atoms with Gasteiger partial charge in [-0.1, -0.05) is 12.1 Å². The molecule has 0 radical (unpaired) electrons. The van der Waals surface area contributed by atoms with Crippen LogP contribution in [-0.4, -0.2) is 51.6 Å². The Morgan fingerprint density at radius 2 is 1.83 bits per heavy atom. The molecule has 0 bridgehead atoms. The van der Waals surface area contributed by atoms with Crippen molar-refractivity contribution >= 4 is 12.0 Å². The summed E-state index contributed by atoms with van der Waals surface area (Å²) in [6.07, 6.45) is 3.79. The number of pyridine rings is 1. The third-order valence-corrected chi connectivity index (χ3v) is 4.08. The summed E-state index contributed by atoms with van der Waals surface area (Å²) in [6, 6.07) is 11.9. The zero-order chi connectivity index (χ0) is 16.8. The van der Waals surface area contributed by atoms with E-state index in [2.05, 4.69) is 26.1 Å². The van der Waals surface area contributed by atoms with Gasteiger partial charge in [0.05, 0.1) is 39.7 Å². The Labute approximate surface area is 142 Å². The molecule has 0 saturated carbocycles. The van der Waals surface area contributed by atoms with Crippen molar-refractivity contribution in [1.82, 2.24) is 5.01 Å². The fourth-order valence-corrected chi connectivity index (χ4v) is 2.79. The lowest BCUT2D eigenvalue weighted by atomic mass is 10.2. The van der Waals surface area contributed by atoms with Crippen molar-refractivity contribution in [2.45, 2.75) is 0 Å². The van der Waals surface area contributed by atoms with Gasteiger partial charge in [-0.05, 0) is 18.2 Å². The second-order valence-corrected chi connectivity index (χ2v) is 5.52. The lowest BCUT2D eigenvalue weighted by Crippen LogP contribution is -2.45. The summed E-state index contributed by atoms with van der Waals surface area (Å²) < 4.78 is 10.8. The number of aromatic nitrogens is 1. The average Bonchev–Trinajstić information content (AvgIpc) is 2.67. The first-order valence-corrected chi connectivity index (χ1v) is 8.03. The fraction of sp³-hybridized carbons (Fsp3) is 0.333. The minimum absolute atomic E-state index is 0.710. The molecule has 0 amide bonds. The second-order valence-electron chi connectivity index (χ2n) is 5.52. The van der Waals surface area contributed by atoms with Crippen LogP contribution >= 0.6 is 0 Å². The standard InChI is InChI=1S/C18H22N4O2/c1-23-16-7-5-6-15(18(16)24-2)14-20-22-12-10-21(11-13-22)17-8-3-4-9-19-17/h3-9,14H,10-13H2,1-2H3/p+1. The van der Waals surface area contributed by atoms with E-state index >= 15 is 0 Å². The lowest BCUT2D eigenvalue weighted by Gasteiger charge is -2.28. The van der Waals surface area contributed by atoms with E-state index in [-0.39, 0.29) is 0 Å². The van der Waals surface area contributed by atoms with Crippen LogP contribution in [0.1, 0.15) is 5.56 Å². The molecule has 3 rings (SSSR count). The molecule has 0 atom stereocenters. The summed E-state index contributed by atoms with van der Waals surface area (Å²) in [4.78, 5) is 5.61. The molecule has 1 saturated heterocycles. The number of para-hydroxylation sites is 1. The normalized spacial score (nSPS) is 14.9. The number of nitrogens with zero attached hydrogens (tertiary/aromatic N) is 3. The Morgan fingerprint density at radius 1 is 1.00 bits per heavy atom. The molecule has 24 heavy (non-hydrogen) atoms. The second kappa shape index (κ2) is 7.68. The lowest BCUT2D eigenvalue weighted by molar-refractivity contribution is -0.364. The molecular formula is C18H23N4O2+. The van der Waals surface area contributed by atoms with Gasteiger partial charge in [0.1, 0.15) is 13.1 Å². The van der Waals surface area contributed by atoms with Crippen LogP contribution in [0.25, 0.3) is 0 Å². The maximum Gasteiger partial charge on any atom is 0.274 e. The molecule has 6 nitrogen and oxygen atoms in total. The van der Waals surface area contributed by atoms with Crippen LogP contribution in [0.2, 0.25) is 0 Å². The first-order chi connectivity index (χ1) is 11.8. The van der Waals surface area contributed by atoms with Crippen molar-refractivity contribution in [3.05, 3.63) is 48.2 Å². The van der Waals surface area contributed by atoms with Gasteiger partial charge in [-0.25, -0.2) is 4.98 Å². The largest absolute Gasteiger partial charge is 0.493 e. The van der Waals surface area contributed by atoms with Crippen LogP contribution in [0, 0.1) is 0 Å². The van der Waals surface area contributed by atoms with E-state index in [1.165, 1.54) is 0 Å². The highest BCUT2D eigenvalue weighted by Crippen LogP contribution is 2.29. The highest BCUT2D eigenvalue weighted by Gasteiger charge is 2.22. The number of H-pyrrole nitrogens is 1. The van der Waals surface area contributed by atoms with Crippen LogP contribution in [0.15, 0.2) is 47.7 Å². The number of nitrogens with one attached hydrogen (secondary N) is 1. The van der Waals surface area contributed by atoms with Gasteiger partial charge in [0.2, 0.25) is 0 Å². The Hall–Kier alpha value is -2.76. The van der Waals surface area contributed by atoms with Crippen LogP contribution in [-0.2, 0) is 0 Å². The molecule has 0 unspecified atom stereocenters. The number of piperazine rings is 1. The van der Waals surface area contributed by atoms with E-state index in [9.17, 15) is 0 Å². The van der Waals surface area contributed by atoms with Gasteiger partial charge < -0.3 is 9.47 Å². The van der Waals surface area contributed by atoms with Gasteiger partial charge in [-0.3, -0.25) is 9.91 Å². The molecule has 1 aliphatic heterocycles. The maximum atomic E-state index is 5.44. The molecule has 1 N–H and O–H groups in total. The SMILES string of the molecule is COc1cccc(C=NN2CCN(c3cccc[nH+]3)CC2)c1OC. The van der Waals surface area contributed by atoms with Crippen molar-refractivity contribution in [1.29, 1.82) is 0 Å². The summed E-state index contributed by atoms with van der Waals surface area (Å²) in [6.45, 7) is 3.64. The number of methoxy groups -OCH3 is 2. The third-order valence-electron chi connectivity index (χ3n) is 4.08. The monoisotopic (exact) mass is 327 g/mol. The summed E-state index contributed by atoms with van der Waals surface area (Å²) in [5.41, 5.74) is 0.913. The third kappa shape index (κ3) is 3.59. The number of aromatic amines is 1. The maximum absolute atomic E-state index is 5.44. The zero-order valence-electron chi connectivity index (χ0n) is 14.1. The van der Waals surface area contributed by atoms with Crippen molar-refractivity contribution < 1.29 is 14.5 Å². The van der Waals surface area contributed by atoms with E-state index in [1.54, 1.807) is 14.2 Å². The minimum atomic E-state index is 0.710. The number of benzene rings is 1. The summed E-state index contributed by atoms with van der Waals surface area (Å²) in [5.74, 6) is 2.57. The fourth-order valence-electron chi connectivity index (χ4n) is 2.79. The number of ether oxygens (including phenoxy) is 2. The van der Waals surface area contributed by atoms with Crippen LogP contribution in [0.3, 0.4) is 0 Å². The predicted molar refractivity (Wildman–Crippen MR) is 93.9 cm³/mol. The van der Waals surface area contributed by atoms with Crippen molar-refractivity contribution in [3.63, 3.8) is 0 Å². The van der Waals surface area contributed by atoms with Gasteiger partial charge in [0.15, 0.2) is 11.5 Å². The molecule has 1 fully saturated rings. The smallest absolute Gasteiger partial charge is 0.274 e. The summed E-state index contributed by atoms with van der Waals surface area (Å²) in [7, 11) is 3.28. The summed E-state index contributed by atoms with van der Waals surface area (Å²) >= 11 is 0. The zero-order valence-corrected chi connectivity index (χ0v) is 14.1. The number of hydrogen-bond acceptors (Lipinski definition) is 5. The Balaban J connectivity index is 1.63. The van der Waals surface area contributed by atoms with E-state index in [0.717, 1.165) is 37.6 Å². The highest BCUT2D eigenvalue weighted by molar-refractivity contribution is 5.84. The van der Waals surface area contributed by atoms with Crippen LogP contribution in [0.4, 0.5) is 5.82 Å². The molecule has 0 aliphatic carbocycles. The van der Waals surface area contributed by atoms with Crippen LogP contribution < -0.4 is 19.4 Å². The Morgan fingerprint density at radius 3 is 2.50 bits per heavy atom. The number of hydrogen-bond donors (Lipinski definition) is 0. The molecule has 2 heterocycles. The van der Waals surface area contributed by atoms with E-state index < -0.39 is 0 Å². The molecule has 6 heteroatoms. The van der Waals surface area contributed by atoms with Gasteiger partial charge in [0.25, 0.3) is 5.82 Å². The topological polar surface area (TPSA) is 51.4 Å². The van der Waals surface area contributed by atoms with Gasteiger partial charge in [-0.2, -0.15) is 5.10 Å². The Kier molecular flexibility index (Phi) is 5.15. The first kappa shape index (κ1) is 16.1. The molecular weight excluding hydrogens is 304 g/mol. The molecule has 2 aromatic rings. The van der Waals surface area contributed by atoms with Crippen molar-refractivity contribution in [2.75, 3.05) is 45.3 Å². The Bertz CT molecular complexity index is 683. The highest BCUT2D eigenvalue weighted by atomic mass is 16.5. The molecule has 0 spiro atoms. The van der Waals surface area contributed by atoms with Gasteiger partial charge in [0, 0.05) is 11.6 Å².